The molecule has 1 aliphatic heterocycles. The second kappa shape index (κ2) is 9.92. The van der Waals surface area contributed by atoms with Crippen molar-refractivity contribution in [3.05, 3.63) is 70.4 Å². The van der Waals surface area contributed by atoms with E-state index in [9.17, 15) is 4.79 Å². The Balaban J connectivity index is 2.05. The van der Waals surface area contributed by atoms with Crippen LogP contribution in [0.2, 0.25) is 5.02 Å². The van der Waals surface area contributed by atoms with Crippen molar-refractivity contribution in [3.63, 3.8) is 0 Å². The molecule has 170 valence electrons. The van der Waals surface area contributed by atoms with E-state index in [1.807, 2.05) is 12.1 Å². The molecule has 0 radical (unpaired) electrons. The van der Waals surface area contributed by atoms with Gasteiger partial charge in [0.2, 0.25) is 0 Å². The van der Waals surface area contributed by atoms with Gasteiger partial charge in [0.1, 0.15) is 0 Å². The maximum Gasteiger partial charge on any atom is 0.255 e. The van der Waals surface area contributed by atoms with E-state index in [1.165, 1.54) is 0 Å². The van der Waals surface area contributed by atoms with Crippen LogP contribution in [0.4, 0.5) is 11.4 Å². The molecule has 0 aliphatic carbocycles. The van der Waals surface area contributed by atoms with Crippen LogP contribution in [0.3, 0.4) is 0 Å². The quantitative estimate of drug-likeness (QED) is 0.477. The number of carbonyl (C=O) groups excluding carboxylic acids is 1. The molecule has 32 heavy (non-hydrogen) atoms. The zero-order chi connectivity index (χ0) is 23.5. The van der Waals surface area contributed by atoms with E-state index in [1.54, 1.807) is 12.1 Å². The Labute approximate surface area is 201 Å². The highest BCUT2D eigenvalue weighted by Gasteiger charge is 2.36. The van der Waals surface area contributed by atoms with Crippen molar-refractivity contribution in [1.82, 2.24) is 10.6 Å². The average Bonchev–Trinajstić information content (AvgIpc) is 2.75. The number of allylic oxidation sites excluding steroid dienone is 1. The summed E-state index contributed by atoms with van der Waals surface area (Å²) in [6.07, 6.45) is 0. The second-order valence-corrected chi connectivity index (χ2v) is 9.58. The summed E-state index contributed by atoms with van der Waals surface area (Å²) in [5.41, 5.74) is 3.76. The van der Waals surface area contributed by atoms with Crippen LogP contribution < -0.4 is 20.9 Å². The Morgan fingerprint density at radius 2 is 1.72 bits per heavy atom. The molecule has 0 spiro atoms. The van der Waals surface area contributed by atoms with Crippen molar-refractivity contribution in [3.8, 4) is 0 Å². The Kier molecular flexibility index (Phi) is 7.47. The number of amides is 1. The molecule has 7 heteroatoms. The number of rotatable bonds is 6. The number of benzene rings is 2. The summed E-state index contributed by atoms with van der Waals surface area (Å²) in [6.45, 7) is 12.3. The average molecular weight is 471 g/mol. The maximum atomic E-state index is 13.6. The van der Waals surface area contributed by atoms with Crippen molar-refractivity contribution < 1.29 is 4.79 Å². The Morgan fingerprint density at radius 3 is 2.28 bits per heavy atom. The molecular formula is C25H31ClN4OS. The smallest absolute Gasteiger partial charge is 0.255 e. The van der Waals surface area contributed by atoms with Crippen LogP contribution in [-0.2, 0) is 4.79 Å². The van der Waals surface area contributed by atoms with Gasteiger partial charge in [0.25, 0.3) is 5.91 Å². The summed E-state index contributed by atoms with van der Waals surface area (Å²) in [7, 11) is 0. The van der Waals surface area contributed by atoms with Crippen LogP contribution in [0.15, 0.2) is 59.8 Å². The fourth-order valence-corrected chi connectivity index (χ4v) is 4.27. The van der Waals surface area contributed by atoms with Gasteiger partial charge < -0.3 is 20.9 Å². The molecule has 3 N–H and O–H groups in total. The van der Waals surface area contributed by atoms with Gasteiger partial charge in [0.05, 0.1) is 22.3 Å². The molecular weight excluding hydrogens is 440 g/mol. The minimum absolute atomic E-state index is 0.219. The number of nitrogens with one attached hydrogen (secondary N) is 3. The van der Waals surface area contributed by atoms with Gasteiger partial charge >= 0.3 is 0 Å². The predicted molar refractivity (Wildman–Crippen MR) is 138 cm³/mol. The summed E-state index contributed by atoms with van der Waals surface area (Å²) >= 11 is 11.8. The lowest BCUT2D eigenvalue weighted by molar-refractivity contribution is -0.113. The minimum atomic E-state index is -0.383. The SMILES string of the molecule is CCN(CC)c1ccc(C2NC(=S)NC(C(C)(C)C)=C2C(=O)Nc2ccccc2Cl)cc1. The zero-order valence-corrected chi connectivity index (χ0v) is 20.8. The molecule has 0 saturated heterocycles. The summed E-state index contributed by atoms with van der Waals surface area (Å²) < 4.78 is 0. The molecule has 1 amide bonds. The highest BCUT2D eigenvalue weighted by Crippen LogP contribution is 2.36. The van der Waals surface area contributed by atoms with Gasteiger partial charge in [-0.05, 0) is 55.9 Å². The van der Waals surface area contributed by atoms with Crippen molar-refractivity contribution in [1.29, 1.82) is 0 Å². The first-order chi connectivity index (χ1) is 15.2. The zero-order valence-electron chi connectivity index (χ0n) is 19.3. The van der Waals surface area contributed by atoms with E-state index in [4.69, 9.17) is 23.8 Å². The van der Waals surface area contributed by atoms with E-state index >= 15 is 0 Å². The first-order valence-corrected chi connectivity index (χ1v) is 11.7. The second-order valence-electron chi connectivity index (χ2n) is 8.77. The largest absolute Gasteiger partial charge is 0.372 e. The Morgan fingerprint density at radius 1 is 1.09 bits per heavy atom. The molecule has 0 aromatic heterocycles. The molecule has 1 heterocycles. The molecule has 2 aromatic carbocycles. The normalized spacial score (nSPS) is 16.3. The van der Waals surface area contributed by atoms with Gasteiger partial charge in [-0.2, -0.15) is 0 Å². The number of thiocarbonyl (C=S) groups is 1. The highest BCUT2D eigenvalue weighted by molar-refractivity contribution is 7.80. The highest BCUT2D eigenvalue weighted by atomic mass is 35.5. The molecule has 0 bridgehead atoms. The van der Waals surface area contributed by atoms with Crippen LogP contribution in [0.1, 0.15) is 46.2 Å². The molecule has 1 atom stereocenters. The van der Waals surface area contributed by atoms with E-state index in [0.29, 0.717) is 21.4 Å². The number of carbonyl (C=O) groups is 1. The van der Waals surface area contributed by atoms with Gasteiger partial charge in [-0.1, -0.05) is 56.6 Å². The number of hydrogen-bond donors (Lipinski definition) is 3. The first-order valence-electron chi connectivity index (χ1n) is 10.9. The lowest BCUT2D eigenvalue weighted by atomic mass is 9.83. The van der Waals surface area contributed by atoms with Crippen LogP contribution in [0.5, 0.6) is 0 Å². The monoisotopic (exact) mass is 470 g/mol. The lowest BCUT2D eigenvalue weighted by Gasteiger charge is -2.37. The van der Waals surface area contributed by atoms with Crippen molar-refractivity contribution in [2.24, 2.45) is 5.41 Å². The summed E-state index contributed by atoms with van der Waals surface area (Å²) in [5, 5.41) is 10.5. The van der Waals surface area contributed by atoms with Crippen LogP contribution in [-0.4, -0.2) is 24.1 Å². The van der Waals surface area contributed by atoms with Crippen molar-refractivity contribution >= 4 is 46.2 Å². The van der Waals surface area contributed by atoms with Gasteiger partial charge in [-0.15, -0.1) is 0 Å². The topological polar surface area (TPSA) is 56.4 Å². The maximum absolute atomic E-state index is 13.6. The summed E-state index contributed by atoms with van der Waals surface area (Å²) in [4.78, 5) is 15.9. The van der Waals surface area contributed by atoms with Crippen LogP contribution >= 0.6 is 23.8 Å². The third-order valence-electron chi connectivity index (χ3n) is 5.54. The van der Waals surface area contributed by atoms with Gasteiger partial charge in [-0.25, -0.2) is 0 Å². The molecule has 2 aromatic rings. The molecule has 1 aliphatic rings. The lowest BCUT2D eigenvalue weighted by Crippen LogP contribution is -2.49. The van der Waals surface area contributed by atoms with Gasteiger partial charge in [-0.3, -0.25) is 4.79 Å². The van der Waals surface area contributed by atoms with Crippen LogP contribution in [0, 0.1) is 5.41 Å². The molecule has 3 rings (SSSR count). The molecule has 0 saturated carbocycles. The molecule has 1 unspecified atom stereocenters. The minimum Gasteiger partial charge on any atom is -0.372 e. The van der Waals surface area contributed by atoms with E-state index in [-0.39, 0.29) is 17.4 Å². The Bertz CT molecular complexity index is 1020. The third-order valence-corrected chi connectivity index (χ3v) is 6.09. The summed E-state index contributed by atoms with van der Waals surface area (Å²) in [6, 6.07) is 15.1. The van der Waals surface area contributed by atoms with E-state index in [0.717, 1.165) is 30.0 Å². The van der Waals surface area contributed by atoms with Crippen LogP contribution in [0.25, 0.3) is 0 Å². The number of anilines is 2. The van der Waals surface area contributed by atoms with Crippen molar-refractivity contribution in [2.75, 3.05) is 23.3 Å². The fourth-order valence-electron chi connectivity index (χ4n) is 3.87. The Hall–Kier alpha value is -2.57. The fraction of sp³-hybridized carbons (Fsp3) is 0.360. The third kappa shape index (κ3) is 5.25. The number of hydrogen-bond acceptors (Lipinski definition) is 3. The molecule has 5 nitrogen and oxygen atoms in total. The van der Waals surface area contributed by atoms with Crippen molar-refractivity contribution in [2.45, 2.75) is 40.7 Å². The molecule has 0 fully saturated rings. The first kappa shape index (κ1) is 24.1. The van der Waals surface area contributed by atoms with E-state index < -0.39 is 0 Å². The van der Waals surface area contributed by atoms with Gasteiger partial charge in [0.15, 0.2) is 5.11 Å². The van der Waals surface area contributed by atoms with Gasteiger partial charge in [0, 0.05) is 29.9 Å². The summed E-state index contributed by atoms with van der Waals surface area (Å²) in [5.74, 6) is -0.219. The standard InChI is InChI=1S/C25H31ClN4OS/c1-6-30(7-2)17-14-12-16(13-15-17)21-20(22(25(3,4)5)29-24(32)28-21)23(31)27-19-11-9-8-10-18(19)26/h8-15,21H,6-7H2,1-5H3,(H,27,31)(H2,28,29,32). The number of halogens is 1. The predicted octanol–water partition coefficient (Wildman–Crippen LogP) is 5.64. The number of para-hydroxylation sites is 1. The van der Waals surface area contributed by atoms with E-state index in [2.05, 4.69) is 79.7 Å². The number of nitrogens with zero attached hydrogens (tertiary/aromatic N) is 1.